The van der Waals surface area contributed by atoms with Crippen LogP contribution in [0.4, 0.5) is 0 Å². The molecule has 0 fully saturated rings. The second kappa shape index (κ2) is 18.8. The molecule has 0 aromatic heterocycles. The molecule has 3 aromatic rings. The number of benzene rings is 3. The molecule has 0 saturated carbocycles. The van der Waals surface area contributed by atoms with Crippen LogP contribution in [-0.4, -0.2) is 73.6 Å². The Kier molecular flexibility index (Phi) is 14.9. The molecular formula is C34H41N3O7PS+. The van der Waals surface area contributed by atoms with Gasteiger partial charge in [0.25, 0.3) is 0 Å². The molecule has 244 valence electrons. The lowest BCUT2D eigenvalue weighted by molar-refractivity contribution is -0.142. The smallest absolute Gasteiger partial charge is 0.325 e. The van der Waals surface area contributed by atoms with E-state index in [2.05, 4.69) is 56.5 Å². The van der Waals surface area contributed by atoms with Gasteiger partial charge in [0.05, 0.1) is 20.4 Å². The van der Waals surface area contributed by atoms with Crippen molar-refractivity contribution in [3.63, 3.8) is 0 Å². The van der Waals surface area contributed by atoms with E-state index in [4.69, 9.17) is 5.73 Å². The van der Waals surface area contributed by atoms with Gasteiger partial charge in [0.1, 0.15) is 41.8 Å². The lowest BCUT2D eigenvalue weighted by Gasteiger charge is -2.27. The van der Waals surface area contributed by atoms with E-state index in [9.17, 15) is 24.0 Å². The first-order valence-electron chi connectivity index (χ1n) is 14.9. The fourth-order valence-corrected chi connectivity index (χ4v) is 10.2. The quantitative estimate of drug-likeness (QED) is 0.145. The van der Waals surface area contributed by atoms with Gasteiger partial charge >= 0.3 is 11.9 Å². The number of carbonyl (C=O) groups is 5. The van der Waals surface area contributed by atoms with Crippen LogP contribution in [0.2, 0.25) is 0 Å². The summed E-state index contributed by atoms with van der Waals surface area (Å²) in [5.41, 5.74) is 5.72. The molecule has 0 saturated heterocycles. The van der Waals surface area contributed by atoms with Gasteiger partial charge in [-0.1, -0.05) is 66.4 Å². The van der Waals surface area contributed by atoms with Crippen LogP contribution in [0.15, 0.2) is 91.0 Å². The molecule has 3 rings (SSSR count). The Balaban J connectivity index is 1.71. The SMILES string of the molecule is COC(=O)CNC(=O)C(CSC(=O)CCC[P+](c1ccccc1)(c1ccccc1)c1ccccc1)NC(=O)CCC(N)C(=O)OC. The molecule has 0 aliphatic carbocycles. The zero-order chi connectivity index (χ0) is 33.4. The molecule has 2 atom stereocenters. The average Bonchev–Trinajstić information content (AvgIpc) is 3.10. The van der Waals surface area contributed by atoms with Crippen LogP contribution in [0.1, 0.15) is 25.7 Å². The Morgan fingerprint density at radius 1 is 0.783 bits per heavy atom. The van der Waals surface area contributed by atoms with Crippen molar-refractivity contribution in [2.45, 2.75) is 37.8 Å². The van der Waals surface area contributed by atoms with Crippen molar-refractivity contribution in [3.05, 3.63) is 91.0 Å². The summed E-state index contributed by atoms with van der Waals surface area (Å²) in [5.74, 6) is -2.53. The van der Waals surface area contributed by atoms with E-state index in [1.807, 2.05) is 54.6 Å². The average molecular weight is 667 g/mol. The third-order valence-electron chi connectivity index (χ3n) is 7.35. The third kappa shape index (κ3) is 10.5. The minimum atomic E-state index is -2.10. The van der Waals surface area contributed by atoms with Gasteiger partial charge in [-0.15, -0.1) is 0 Å². The number of esters is 2. The van der Waals surface area contributed by atoms with Gasteiger partial charge in [-0.2, -0.15) is 0 Å². The van der Waals surface area contributed by atoms with Crippen LogP contribution in [-0.2, 0) is 33.4 Å². The second-order valence-electron chi connectivity index (χ2n) is 10.4. The molecular weight excluding hydrogens is 625 g/mol. The van der Waals surface area contributed by atoms with Crippen LogP contribution in [0.5, 0.6) is 0 Å². The minimum Gasteiger partial charge on any atom is -0.468 e. The molecule has 0 spiro atoms. The first kappa shape index (κ1) is 36.4. The van der Waals surface area contributed by atoms with E-state index < -0.39 is 49.6 Å². The number of ether oxygens (including phenoxy) is 2. The Hall–Kier alpha value is -4.05. The molecule has 46 heavy (non-hydrogen) atoms. The number of methoxy groups -OCH3 is 2. The molecule has 0 heterocycles. The lowest BCUT2D eigenvalue weighted by atomic mass is 10.1. The van der Waals surface area contributed by atoms with Crippen LogP contribution in [0, 0.1) is 0 Å². The summed E-state index contributed by atoms with van der Waals surface area (Å²) < 4.78 is 9.15. The summed E-state index contributed by atoms with van der Waals surface area (Å²) >= 11 is 0.949. The largest absolute Gasteiger partial charge is 0.468 e. The van der Waals surface area contributed by atoms with Gasteiger partial charge < -0.3 is 25.8 Å². The highest BCUT2D eigenvalue weighted by Crippen LogP contribution is 2.56. The molecule has 10 nitrogen and oxygen atoms in total. The zero-order valence-electron chi connectivity index (χ0n) is 26.1. The molecule has 0 aliphatic heterocycles. The first-order valence-corrected chi connectivity index (χ1v) is 17.8. The maximum Gasteiger partial charge on any atom is 0.325 e. The maximum absolute atomic E-state index is 13.2. The van der Waals surface area contributed by atoms with Gasteiger partial charge in [0, 0.05) is 18.6 Å². The first-order chi connectivity index (χ1) is 22.2. The van der Waals surface area contributed by atoms with E-state index in [0.717, 1.165) is 17.9 Å². The topological polar surface area (TPSA) is 154 Å². The number of carbonyl (C=O) groups excluding carboxylic acids is 5. The van der Waals surface area contributed by atoms with E-state index >= 15 is 0 Å². The summed E-state index contributed by atoms with van der Waals surface area (Å²) in [6.45, 7) is -0.391. The number of nitrogens with two attached hydrogens (primary N) is 1. The van der Waals surface area contributed by atoms with Crippen molar-refractivity contribution in [1.29, 1.82) is 0 Å². The van der Waals surface area contributed by atoms with Crippen LogP contribution in [0.25, 0.3) is 0 Å². The van der Waals surface area contributed by atoms with Crippen molar-refractivity contribution in [3.8, 4) is 0 Å². The Labute approximate surface area is 274 Å². The summed E-state index contributed by atoms with van der Waals surface area (Å²) in [6, 6.07) is 29.1. The van der Waals surface area contributed by atoms with E-state index in [1.54, 1.807) is 0 Å². The molecule has 0 bridgehead atoms. The molecule has 0 radical (unpaired) electrons. The van der Waals surface area contributed by atoms with Gasteiger partial charge in [0.15, 0.2) is 5.12 Å². The number of thioether (sulfide) groups is 1. The van der Waals surface area contributed by atoms with Crippen LogP contribution < -0.4 is 32.3 Å². The highest BCUT2D eigenvalue weighted by molar-refractivity contribution is 8.13. The summed E-state index contributed by atoms with van der Waals surface area (Å²) in [6.07, 6.45) is 1.50. The molecule has 2 amide bonds. The Morgan fingerprint density at radius 3 is 1.78 bits per heavy atom. The molecule has 3 aromatic carbocycles. The molecule has 12 heteroatoms. The standard InChI is InChI=1S/C34H40N3O7PS/c1-43-31(39)23-36-33(41)29(37-30(38)21-20-28(35)34(42)44-2)24-46-32(40)19-12-22-45(25-13-6-3-7-14-25,26-15-8-4-9-16-26)27-17-10-5-11-18-27/h3-11,13-18,28-29H,12,19-24,35H2,1-2H3,(H-,36,37,38,41)/p+1. The van der Waals surface area contributed by atoms with Crippen LogP contribution in [0.3, 0.4) is 0 Å². The number of nitrogens with one attached hydrogen (secondary N) is 2. The van der Waals surface area contributed by atoms with Gasteiger partial charge in [-0.25, -0.2) is 0 Å². The molecule has 4 N–H and O–H groups in total. The molecule has 0 aliphatic rings. The zero-order valence-corrected chi connectivity index (χ0v) is 27.8. The maximum atomic E-state index is 13.2. The summed E-state index contributed by atoms with van der Waals surface area (Å²) in [4.78, 5) is 61.8. The normalized spacial score (nSPS) is 12.3. The number of hydrogen-bond donors (Lipinski definition) is 3. The van der Waals surface area contributed by atoms with Crippen molar-refractivity contribution in [2.24, 2.45) is 5.73 Å². The highest BCUT2D eigenvalue weighted by atomic mass is 32.2. The third-order valence-corrected chi connectivity index (χ3v) is 12.9. The van der Waals surface area contributed by atoms with Crippen molar-refractivity contribution < 1.29 is 33.4 Å². The van der Waals surface area contributed by atoms with E-state index in [0.29, 0.717) is 6.42 Å². The van der Waals surface area contributed by atoms with Gasteiger partial charge in [-0.3, -0.25) is 24.0 Å². The Bertz CT molecular complexity index is 1350. The number of hydrogen-bond acceptors (Lipinski definition) is 9. The Morgan fingerprint density at radius 2 is 1.30 bits per heavy atom. The minimum absolute atomic E-state index is 0.0101. The van der Waals surface area contributed by atoms with Crippen molar-refractivity contribution >= 4 is 63.8 Å². The van der Waals surface area contributed by atoms with Crippen molar-refractivity contribution in [2.75, 3.05) is 32.7 Å². The van der Waals surface area contributed by atoms with Gasteiger partial charge in [-0.05, 0) is 49.2 Å². The predicted octanol–water partition coefficient (Wildman–Crippen LogP) is 2.08. The lowest BCUT2D eigenvalue weighted by Crippen LogP contribution is -2.49. The monoisotopic (exact) mass is 666 g/mol. The predicted molar refractivity (Wildman–Crippen MR) is 183 cm³/mol. The molecule has 2 unspecified atom stereocenters. The summed E-state index contributed by atoms with van der Waals surface area (Å²) in [5, 5.41) is 8.57. The van der Waals surface area contributed by atoms with Crippen LogP contribution >= 0.6 is 19.0 Å². The number of amides is 2. The van der Waals surface area contributed by atoms with E-state index in [-0.39, 0.29) is 30.1 Å². The number of rotatable bonds is 17. The fraction of sp³-hybridized carbons (Fsp3) is 0.324. The van der Waals surface area contributed by atoms with E-state index in [1.165, 1.54) is 30.1 Å². The second-order valence-corrected chi connectivity index (χ2v) is 15.1. The van der Waals surface area contributed by atoms with Crippen molar-refractivity contribution in [1.82, 2.24) is 10.6 Å². The summed E-state index contributed by atoms with van der Waals surface area (Å²) in [7, 11) is 0.292. The highest BCUT2D eigenvalue weighted by Gasteiger charge is 2.44. The van der Waals surface area contributed by atoms with Gasteiger partial charge in [0.2, 0.25) is 11.8 Å². The fourth-order valence-electron chi connectivity index (χ4n) is 4.95.